The number of hydrogen-bond donors (Lipinski definition) is 3. The van der Waals surface area contributed by atoms with Crippen LogP contribution < -0.4 is 10.6 Å². The van der Waals surface area contributed by atoms with Crippen LogP contribution in [0.2, 0.25) is 0 Å². The number of carbonyl (C=O) groups excluding carboxylic acids is 2. The number of carbonyl (C=O) groups is 2. The van der Waals surface area contributed by atoms with Crippen LogP contribution in [-0.2, 0) is 18.1 Å². The van der Waals surface area contributed by atoms with E-state index in [0.29, 0.717) is 24.5 Å². The molecular formula is C37H37F4N3O3. The second-order valence-electron chi connectivity index (χ2n) is 12.1. The van der Waals surface area contributed by atoms with E-state index in [4.69, 9.17) is 0 Å². The SMILES string of the molecule is C[C@H](c1ccccc1)N(C)C(=O)c1cccc(C(=O)N[C@@H](Cc2ccccc2)[C@H](O)CNC2(c3cc(F)cc(C(F)(F)F)c3)CC2)c1. The molecule has 4 aromatic carbocycles. The lowest BCUT2D eigenvalue weighted by Crippen LogP contribution is -2.50. The van der Waals surface area contributed by atoms with E-state index < -0.39 is 41.1 Å². The van der Waals surface area contributed by atoms with Crippen molar-refractivity contribution in [2.75, 3.05) is 13.6 Å². The van der Waals surface area contributed by atoms with E-state index in [0.717, 1.165) is 23.3 Å². The molecule has 0 bridgehead atoms. The minimum absolute atomic E-state index is 0.0731. The number of nitrogens with zero attached hydrogens (tertiary/aromatic N) is 1. The molecule has 0 aliphatic heterocycles. The van der Waals surface area contributed by atoms with Gasteiger partial charge < -0.3 is 20.6 Å². The number of rotatable bonds is 12. The summed E-state index contributed by atoms with van der Waals surface area (Å²) in [5.74, 6) is -1.75. The van der Waals surface area contributed by atoms with Crippen LogP contribution in [0, 0.1) is 5.82 Å². The maximum Gasteiger partial charge on any atom is 0.416 e. The van der Waals surface area contributed by atoms with Crippen molar-refractivity contribution in [3.63, 3.8) is 0 Å². The molecule has 0 spiro atoms. The Labute approximate surface area is 271 Å². The predicted octanol–water partition coefficient (Wildman–Crippen LogP) is 6.66. The number of alkyl halides is 3. The van der Waals surface area contributed by atoms with Crippen molar-refractivity contribution < 1.29 is 32.3 Å². The quantitative estimate of drug-likeness (QED) is 0.150. The molecule has 246 valence electrons. The number of aliphatic hydroxyl groups excluding tert-OH is 1. The number of benzene rings is 4. The van der Waals surface area contributed by atoms with Crippen molar-refractivity contribution in [2.45, 2.75) is 56.1 Å². The number of aliphatic hydroxyl groups is 1. The fourth-order valence-electron chi connectivity index (χ4n) is 5.70. The zero-order valence-electron chi connectivity index (χ0n) is 26.1. The van der Waals surface area contributed by atoms with Crippen molar-refractivity contribution in [2.24, 2.45) is 0 Å². The molecule has 1 aliphatic rings. The molecule has 1 aliphatic carbocycles. The van der Waals surface area contributed by atoms with Crippen LogP contribution in [0.15, 0.2) is 103 Å². The second-order valence-corrected chi connectivity index (χ2v) is 12.1. The highest BCUT2D eigenvalue weighted by atomic mass is 19.4. The second kappa shape index (κ2) is 14.1. The van der Waals surface area contributed by atoms with Gasteiger partial charge in [-0.15, -0.1) is 0 Å². The first-order valence-corrected chi connectivity index (χ1v) is 15.4. The Morgan fingerprint density at radius 1 is 0.894 bits per heavy atom. The van der Waals surface area contributed by atoms with Crippen molar-refractivity contribution >= 4 is 11.8 Å². The molecule has 4 aromatic rings. The van der Waals surface area contributed by atoms with Crippen molar-refractivity contribution in [3.05, 3.63) is 142 Å². The van der Waals surface area contributed by atoms with Gasteiger partial charge in [-0.25, -0.2) is 4.39 Å². The molecule has 0 heterocycles. The Morgan fingerprint density at radius 2 is 1.53 bits per heavy atom. The van der Waals surface area contributed by atoms with Gasteiger partial charge in [0.25, 0.3) is 11.8 Å². The van der Waals surface area contributed by atoms with Gasteiger partial charge in [-0.2, -0.15) is 13.2 Å². The molecule has 0 saturated heterocycles. The number of nitrogens with one attached hydrogen (secondary N) is 2. The largest absolute Gasteiger partial charge is 0.416 e. The standard InChI is InChI=1S/C37H37F4N3O3/c1-24(26-12-7-4-8-13-26)44(2)35(47)28-15-9-14-27(19-28)34(46)43-32(18-25-10-5-3-6-11-25)33(45)23-42-36(16-17-36)29-20-30(37(39,40)41)22-31(38)21-29/h3-15,19-22,24,32-33,42,45H,16-18,23H2,1-2H3,(H,43,46)/t24-,32+,33-/m1/s1. The average molecular weight is 648 g/mol. The lowest BCUT2D eigenvalue weighted by molar-refractivity contribution is -0.137. The Kier molecular flexibility index (Phi) is 10.1. The van der Waals surface area contributed by atoms with E-state index in [1.165, 1.54) is 6.07 Å². The average Bonchev–Trinajstić information content (AvgIpc) is 3.87. The fraction of sp³-hybridized carbons (Fsp3) is 0.297. The van der Waals surface area contributed by atoms with Crippen LogP contribution in [-0.4, -0.2) is 47.6 Å². The van der Waals surface area contributed by atoms with Gasteiger partial charge >= 0.3 is 6.18 Å². The Morgan fingerprint density at radius 3 is 2.17 bits per heavy atom. The zero-order valence-corrected chi connectivity index (χ0v) is 26.1. The molecule has 10 heteroatoms. The highest BCUT2D eigenvalue weighted by Gasteiger charge is 2.46. The van der Waals surface area contributed by atoms with Gasteiger partial charge in [-0.05, 0) is 79.3 Å². The first-order chi connectivity index (χ1) is 22.4. The van der Waals surface area contributed by atoms with E-state index in [9.17, 15) is 32.3 Å². The first kappa shape index (κ1) is 33.8. The highest BCUT2D eigenvalue weighted by molar-refractivity contribution is 5.99. The fourth-order valence-corrected chi connectivity index (χ4v) is 5.70. The van der Waals surface area contributed by atoms with Gasteiger partial charge in [0.1, 0.15) is 5.82 Å². The van der Waals surface area contributed by atoms with Crippen LogP contribution in [0.1, 0.15) is 68.8 Å². The molecule has 3 N–H and O–H groups in total. The molecule has 5 rings (SSSR count). The van der Waals surface area contributed by atoms with E-state index in [1.807, 2.05) is 67.6 Å². The number of amides is 2. The summed E-state index contributed by atoms with van der Waals surface area (Å²) in [4.78, 5) is 28.5. The predicted molar refractivity (Wildman–Crippen MR) is 171 cm³/mol. The zero-order chi connectivity index (χ0) is 33.8. The van der Waals surface area contributed by atoms with Crippen LogP contribution in [0.3, 0.4) is 0 Å². The molecule has 1 saturated carbocycles. The monoisotopic (exact) mass is 647 g/mol. The van der Waals surface area contributed by atoms with Gasteiger partial charge in [-0.3, -0.25) is 9.59 Å². The summed E-state index contributed by atoms with van der Waals surface area (Å²) < 4.78 is 54.3. The third-order valence-electron chi connectivity index (χ3n) is 8.81. The van der Waals surface area contributed by atoms with E-state index in [-0.39, 0.29) is 36.0 Å². The molecule has 47 heavy (non-hydrogen) atoms. The molecule has 2 amide bonds. The summed E-state index contributed by atoms with van der Waals surface area (Å²) in [5, 5.41) is 17.4. The summed E-state index contributed by atoms with van der Waals surface area (Å²) in [7, 11) is 1.70. The van der Waals surface area contributed by atoms with Gasteiger partial charge in [0.05, 0.1) is 23.8 Å². The van der Waals surface area contributed by atoms with E-state index in [1.54, 1.807) is 30.1 Å². The van der Waals surface area contributed by atoms with Crippen molar-refractivity contribution in [1.29, 1.82) is 0 Å². The van der Waals surface area contributed by atoms with Crippen molar-refractivity contribution in [1.82, 2.24) is 15.5 Å². The summed E-state index contributed by atoms with van der Waals surface area (Å²) in [5.41, 5.74) is 0.544. The highest BCUT2D eigenvalue weighted by Crippen LogP contribution is 2.47. The van der Waals surface area contributed by atoms with Crippen LogP contribution in [0.25, 0.3) is 0 Å². The maximum atomic E-state index is 14.2. The third-order valence-corrected chi connectivity index (χ3v) is 8.81. The lowest BCUT2D eigenvalue weighted by Gasteiger charge is -2.28. The number of halogens is 4. The molecule has 0 radical (unpaired) electrons. The lowest BCUT2D eigenvalue weighted by atomic mass is 9.98. The smallest absolute Gasteiger partial charge is 0.390 e. The molecule has 0 unspecified atom stereocenters. The van der Waals surface area contributed by atoms with E-state index in [2.05, 4.69) is 10.6 Å². The van der Waals surface area contributed by atoms with E-state index >= 15 is 0 Å². The number of hydrogen-bond acceptors (Lipinski definition) is 4. The molecule has 3 atom stereocenters. The molecule has 6 nitrogen and oxygen atoms in total. The van der Waals surface area contributed by atoms with Crippen LogP contribution in [0.4, 0.5) is 17.6 Å². The molecule has 1 fully saturated rings. The minimum Gasteiger partial charge on any atom is -0.390 e. The summed E-state index contributed by atoms with van der Waals surface area (Å²) >= 11 is 0. The maximum absolute atomic E-state index is 14.2. The van der Waals surface area contributed by atoms with Crippen LogP contribution in [0.5, 0.6) is 0 Å². The summed E-state index contributed by atoms with van der Waals surface area (Å²) in [6.07, 6.45) is -4.66. The Balaban J connectivity index is 1.31. The Bertz CT molecular complexity index is 1690. The van der Waals surface area contributed by atoms with Crippen LogP contribution >= 0.6 is 0 Å². The molecular weight excluding hydrogens is 610 g/mol. The Hall–Kier alpha value is -4.54. The van der Waals surface area contributed by atoms with Gasteiger partial charge in [0.2, 0.25) is 0 Å². The summed E-state index contributed by atoms with van der Waals surface area (Å²) in [6.45, 7) is 1.85. The van der Waals surface area contributed by atoms with Gasteiger partial charge in [-0.1, -0.05) is 66.7 Å². The first-order valence-electron chi connectivity index (χ1n) is 15.4. The third kappa shape index (κ3) is 8.25. The topological polar surface area (TPSA) is 81.7 Å². The minimum atomic E-state index is -4.70. The van der Waals surface area contributed by atoms with Gasteiger partial charge in [0, 0.05) is 30.3 Å². The van der Waals surface area contributed by atoms with Crippen molar-refractivity contribution in [3.8, 4) is 0 Å². The summed E-state index contributed by atoms with van der Waals surface area (Å²) in [6, 6.07) is 26.6. The normalized spacial score (nSPS) is 15.7. The van der Waals surface area contributed by atoms with Gasteiger partial charge in [0.15, 0.2) is 0 Å². The molecule has 0 aromatic heterocycles.